The number of nitrogens with two attached hydrogens (primary N) is 2. The third-order valence-electron chi connectivity index (χ3n) is 5.46. The second-order valence-corrected chi connectivity index (χ2v) is 7.52. The molecule has 3 rings (SSSR count). The van der Waals surface area contributed by atoms with Crippen molar-refractivity contribution in [2.24, 2.45) is 16.8 Å². The van der Waals surface area contributed by atoms with Crippen LogP contribution in [0.1, 0.15) is 43.7 Å². The quantitative estimate of drug-likeness (QED) is 0.199. The maximum atomic E-state index is 6.36. The average molecular weight is 396 g/mol. The highest BCUT2D eigenvalue weighted by Gasteiger charge is 2.30. The monoisotopic (exact) mass is 395 g/mol. The number of hydrogen-bond donors (Lipinski definition) is 3. The van der Waals surface area contributed by atoms with Gasteiger partial charge in [0, 0.05) is 6.54 Å². The molecule has 0 spiro atoms. The van der Waals surface area contributed by atoms with Gasteiger partial charge in [-0.25, -0.2) is 5.84 Å². The van der Waals surface area contributed by atoms with Gasteiger partial charge in [0.1, 0.15) is 5.75 Å². The van der Waals surface area contributed by atoms with Crippen molar-refractivity contribution >= 4 is 11.5 Å². The van der Waals surface area contributed by atoms with Crippen LogP contribution in [0.25, 0.3) is 0 Å². The number of benzene rings is 2. The van der Waals surface area contributed by atoms with Gasteiger partial charge >= 0.3 is 0 Å². The molecule has 0 amide bonds. The number of unbranched alkanes of at least 4 members (excludes halogenated alkanes) is 3. The molecule has 0 aliphatic carbocycles. The number of amidine groups is 1. The Balaban J connectivity index is 1.82. The van der Waals surface area contributed by atoms with Crippen molar-refractivity contribution in [2.75, 3.05) is 18.0 Å². The molecule has 6 heteroatoms. The Bertz CT molecular complexity index is 793. The molecule has 1 unspecified atom stereocenters. The molecule has 156 valence electrons. The smallest absolute Gasteiger partial charge is 0.178 e. The normalized spacial score (nSPS) is 16.3. The lowest BCUT2D eigenvalue weighted by Gasteiger charge is -2.37. The van der Waals surface area contributed by atoms with Crippen LogP contribution in [0, 0.1) is 0 Å². The molecule has 5 N–H and O–H groups in total. The predicted octanol–water partition coefficient (Wildman–Crippen LogP) is 3.36. The fourth-order valence-corrected chi connectivity index (χ4v) is 3.85. The molecule has 0 fully saturated rings. The molecule has 1 atom stereocenters. The van der Waals surface area contributed by atoms with Gasteiger partial charge in [0.05, 0.1) is 12.2 Å². The first kappa shape index (κ1) is 21.0. The third-order valence-corrected chi connectivity index (χ3v) is 5.46. The van der Waals surface area contributed by atoms with E-state index in [1.54, 1.807) is 0 Å². The molecule has 6 nitrogen and oxygen atoms in total. The Morgan fingerprint density at radius 3 is 2.66 bits per heavy atom. The molecule has 1 aliphatic heterocycles. The van der Waals surface area contributed by atoms with Gasteiger partial charge in [0.15, 0.2) is 11.9 Å². The summed E-state index contributed by atoms with van der Waals surface area (Å²) >= 11 is 0. The number of anilines is 1. The number of fused-ring (bicyclic) bond motifs is 1. The molecule has 2 aromatic rings. The summed E-state index contributed by atoms with van der Waals surface area (Å²) in [6.45, 7) is 3.90. The van der Waals surface area contributed by atoms with Crippen molar-refractivity contribution in [1.82, 2.24) is 5.43 Å². The highest BCUT2D eigenvalue weighted by atomic mass is 16.5. The van der Waals surface area contributed by atoms with Crippen LogP contribution in [0.5, 0.6) is 5.75 Å². The van der Waals surface area contributed by atoms with Crippen LogP contribution in [0.2, 0.25) is 0 Å². The molecule has 1 aliphatic rings. The molecule has 0 aromatic heterocycles. The molecule has 2 aromatic carbocycles. The van der Waals surface area contributed by atoms with Crippen molar-refractivity contribution < 1.29 is 4.74 Å². The van der Waals surface area contributed by atoms with Crippen LogP contribution in [0.4, 0.5) is 5.69 Å². The van der Waals surface area contributed by atoms with E-state index in [0.29, 0.717) is 12.4 Å². The summed E-state index contributed by atoms with van der Waals surface area (Å²) in [6, 6.07) is 17.0. The number of aryl methyl sites for hydroxylation is 2. The highest BCUT2D eigenvalue weighted by Crippen LogP contribution is 2.37. The van der Waals surface area contributed by atoms with Gasteiger partial charge in [-0.1, -0.05) is 68.7 Å². The van der Waals surface area contributed by atoms with E-state index in [0.717, 1.165) is 37.2 Å². The van der Waals surface area contributed by atoms with E-state index in [1.807, 2.05) is 6.07 Å². The third kappa shape index (κ3) is 5.41. The van der Waals surface area contributed by atoms with Gasteiger partial charge in [-0.05, 0) is 36.5 Å². The van der Waals surface area contributed by atoms with Crippen LogP contribution in [-0.2, 0) is 12.8 Å². The Morgan fingerprint density at radius 2 is 1.93 bits per heavy atom. The van der Waals surface area contributed by atoms with E-state index in [2.05, 4.69) is 64.8 Å². The van der Waals surface area contributed by atoms with E-state index in [1.165, 1.54) is 30.4 Å². The van der Waals surface area contributed by atoms with Crippen molar-refractivity contribution in [2.45, 2.75) is 51.6 Å². The maximum absolute atomic E-state index is 6.36. The molecule has 1 heterocycles. The summed E-state index contributed by atoms with van der Waals surface area (Å²) < 4.78 is 6.36. The van der Waals surface area contributed by atoms with E-state index in [9.17, 15) is 0 Å². The number of ether oxygens (including phenoxy) is 1. The Labute approximate surface area is 173 Å². The van der Waals surface area contributed by atoms with Crippen LogP contribution in [-0.4, -0.2) is 25.0 Å². The Kier molecular flexibility index (Phi) is 7.76. The van der Waals surface area contributed by atoms with Crippen LogP contribution in [0.15, 0.2) is 53.6 Å². The second-order valence-electron chi connectivity index (χ2n) is 7.52. The van der Waals surface area contributed by atoms with Gasteiger partial charge in [0.2, 0.25) is 0 Å². The minimum Gasteiger partial charge on any atom is -0.478 e. The number of rotatable bonds is 9. The number of hydrazone groups is 1. The number of hydrazine groups is 1. The molecule has 0 radical (unpaired) electrons. The summed E-state index contributed by atoms with van der Waals surface area (Å²) in [5.41, 5.74) is 6.27. The predicted molar refractivity (Wildman–Crippen MR) is 120 cm³/mol. The van der Waals surface area contributed by atoms with Gasteiger partial charge < -0.3 is 20.9 Å². The summed E-state index contributed by atoms with van der Waals surface area (Å²) in [5, 5.41) is 3.80. The van der Waals surface area contributed by atoms with Crippen molar-refractivity contribution in [1.29, 1.82) is 0 Å². The maximum Gasteiger partial charge on any atom is 0.178 e. The molecule has 0 saturated heterocycles. The summed E-state index contributed by atoms with van der Waals surface area (Å²) in [7, 11) is 0. The summed E-state index contributed by atoms with van der Waals surface area (Å²) in [6.07, 6.45) is 6.45. The van der Waals surface area contributed by atoms with E-state index in [-0.39, 0.29) is 6.10 Å². The molecule has 29 heavy (non-hydrogen) atoms. The first-order chi connectivity index (χ1) is 14.3. The summed E-state index contributed by atoms with van der Waals surface area (Å²) in [5.74, 6) is 12.6. The summed E-state index contributed by atoms with van der Waals surface area (Å²) in [4.78, 5) is 2.38. The Hall–Kier alpha value is -2.73. The number of para-hydroxylation sites is 1. The zero-order valence-corrected chi connectivity index (χ0v) is 17.3. The van der Waals surface area contributed by atoms with Crippen LogP contribution < -0.4 is 26.7 Å². The van der Waals surface area contributed by atoms with E-state index < -0.39 is 0 Å². The fraction of sp³-hybridized carbons (Fsp3) is 0.435. The largest absolute Gasteiger partial charge is 0.478 e. The van der Waals surface area contributed by atoms with Gasteiger partial charge in [0.25, 0.3) is 0 Å². The second kappa shape index (κ2) is 10.7. The standard InChI is InChI=1S/C23H33N5O/c1-2-3-4-8-16-28-17-21(23(26-24)27-25)29-22-19(12-9-13-20(22)28)15-14-18-10-6-5-7-11-18/h5-7,9-13,21H,2-4,8,14-17,24-25H2,1H3,(H,26,27). The molecule has 0 saturated carbocycles. The van der Waals surface area contributed by atoms with Crippen molar-refractivity contribution in [3.8, 4) is 5.75 Å². The lowest BCUT2D eigenvalue weighted by Crippen LogP contribution is -2.51. The minimum atomic E-state index is -0.304. The van der Waals surface area contributed by atoms with Gasteiger partial charge in [-0.15, -0.1) is 0 Å². The lowest BCUT2D eigenvalue weighted by molar-refractivity contribution is 0.248. The number of nitrogens with one attached hydrogen (secondary N) is 1. The molecular formula is C23H33N5O. The highest BCUT2D eigenvalue weighted by molar-refractivity contribution is 5.88. The van der Waals surface area contributed by atoms with Crippen LogP contribution >= 0.6 is 0 Å². The number of nitrogens with zero attached hydrogens (tertiary/aromatic N) is 2. The first-order valence-corrected chi connectivity index (χ1v) is 10.6. The fourth-order valence-electron chi connectivity index (χ4n) is 3.85. The SMILES string of the molecule is CCCCCCN1CC(/C(=N/N)NN)Oc2c(CCc3ccccc3)cccc21. The average Bonchev–Trinajstić information content (AvgIpc) is 2.77. The Morgan fingerprint density at radius 1 is 1.10 bits per heavy atom. The minimum absolute atomic E-state index is 0.304. The van der Waals surface area contributed by atoms with Crippen molar-refractivity contribution in [3.05, 3.63) is 59.7 Å². The lowest BCUT2D eigenvalue weighted by atomic mass is 10.0. The molecule has 0 bridgehead atoms. The van der Waals surface area contributed by atoms with Gasteiger partial charge in [-0.2, -0.15) is 5.10 Å². The topological polar surface area (TPSA) is 88.9 Å². The zero-order valence-electron chi connectivity index (χ0n) is 17.3. The van der Waals surface area contributed by atoms with Crippen molar-refractivity contribution in [3.63, 3.8) is 0 Å². The van der Waals surface area contributed by atoms with Crippen LogP contribution in [0.3, 0.4) is 0 Å². The zero-order chi connectivity index (χ0) is 20.5. The van der Waals surface area contributed by atoms with E-state index >= 15 is 0 Å². The first-order valence-electron chi connectivity index (χ1n) is 10.6. The van der Waals surface area contributed by atoms with Gasteiger partial charge in [-0.3, -0.25) is 0 Å². The number of hydrogen-bond acceptors (Lipinski definition) is 5. The van der Waals surface area contributed by atoms with E-state index in [4.69, 9.17) is 16.4 Å². The molecular weight excluding hydrogens is 362 g/mol.